The van der Waals surface area contributed by atoms with Crippen molar-refractivity contribution >= 4 is 51.7 Å². The molecule has 0 saturated carbocycles. The van der Waals surface area contributed by atoms with Gasteiger partial charge in [-0.3, -0.25) is 9.59 Å². The first-order valence-electron chi connectivity index (χ1n) is 13.2. The quantitative estimate of drug-likeness (QED) is 0.0583. The van der Waals surface area contributed by atoms with Gasteiger partial charge in [0.15, 0.2) is 17.2 Å². The van der Waals surface area contributed by atoms with Crippen LogP contribution in [0.3, 0.4) is 0 Å². The molecule has 4 aromatic carbocycles. The lowest BCUT2D eigenvalue weighted by Gasteiger charge is -2.10. The zero-order chi connectivity index (χ0) is 30.9. The molecule has 0 atom stereocenters. The minimum atomic E-state index is -0.690. The molecule has 0 radical (unpaired) electrons. The van der Waals surface area contributed by atoms with Gasteiger partial charge in [0.2, 0.25) is 6.79 Å². The highest BCUT2D eigenvalue weighted by Crippen LogP contribution is 2.33. The monoisotopic (exact) mass is 657 g/mol. The van der Waals surface area contributed by atoms with Crippen molar-refractivity contribution < 1.29 is 38.9 Å². The normalized spacial score (nSPS) is 12.2. The minimum Gasteiger partial charge on any atom is -0.454 e. The second-order valence-corrected chi connectivity index (χ2v) is 10.2. The van der Waals surface area contributed by atoms with Crippen molar-refractivity contribution in [3.8, 4) is 17.2 Å². The number of nitrogens with zero attached hydrogens (tertiary/aromatic N) is 1. The average Bonchev–Trinajstić information content (AvgIpc) is 3.51. The molecule has 1 aliphatic rings. The van der Waals surface area contributed by atoms with Crippen molar-refractivity contribution in [1.82, 2.24) is 10.7 Å². The highest BCUT2D eigenvalue weighted by atomic mass is 79.9. The summed E-state index contributed by atoms with van der Waals surface area (Å²) in [5.41, 5.74) is 6.42. The van der Waals surface area contributed by atoms with E-state index in [1.807, 2.05) is 0 Å². The van der Waals surface area contributed by atoms with Crippen LogP contribution in [-0.4, -0.2) is 37.9 Å². The van der Waals surface area contributed by atoms with Crippen molar-refractivity contribution in [2.24, 2.45) is 5.10 Å². The van der Waals surface area contributed by atoms with Crippen LogP contribution in [0.25, 0.3) is 6.08 Å². The van der Waals surface area contributed by atoms with Crippen LogP contribution >= 0.6 is 15.9 Å². The predicted octanol–water partition coefficient (Wildman–Crippen LogP) is 4.07. The number of halogens is 1. The van der Waals surface area contributed by atoms with Crippen LogP contribution in [0.2, 0.25) is 0 Å². The van der Waals surface area contributed by atoms with E-state index in [1.165, 1.54) is 12.3 Å². The molecule has 0 spiro atoms. The summed E-state index contributed by atoms with van der Waals surface area (Å²) in [7, 11) is 1.54. The van der Waals surface area contributed by atoms with Crippen LogP contribution in [0, 0.1) is 0 Å². The molecule has 4 aromatic rings. The molecule has 0 bridgehead atoms. The Morgan fingerprint density at radius 3 is 2.45 bits per heavy atom. The van der Waals surface area contributed by atoms with E-state index >= 15 is 0 Å². The Labute approximate surface area is 260 Å². The number of nitrogens with two attached hydrogens (primary N) is 1. The molecule has 222 valence electrons. The van der Waals surface area contributed by atoms with Gasteiger partial charge in [-0.25, -0.2) is 15.1 Å². The summed E-state index contributed by atoms with van der Waals surface area (Å²) in [6.07, 6.45) is 2.83. The zero-order valence-electron chi connectivity index (χ0n) is 23.3. The Hall–Kier alpha value is -5.30. The summed E-state index contributed by atoms with van der Waals surface area (Å²) in [6.45, 7) is 0.0988. The number of nitrogens with one attached hydrogen (secondary N) is 2. The molecule has 11 nitrogen and oxygen atoms in total. The number of rotatable bonds is 10. The fourth-order valence-corrected chi connectivity index (χ4v) is 4.42. The molecule has 0 fully saturated rings. The lowest BCUT2D eigenvalue weighted by molar-refractivity contribution is -0.830. The lowest BCUT2D eigenvalue weighted by Crippen LogP contribution is -2.75. The number of carbonyl (C=O) groups is 3. The van der Waals surface area contributed by atoms with Crippen molar-refractivity contribution in [2.75, 3.05) is 13.9 Å². The Balaban J connectivity index is 1.33. The number of amides is 2. The number of hydrazone groups is 1. The Bertz CT molecular complexity index is 1740. The van der Waals surface area contributed by atoms with Gasteiger partial charge < -0.3 is 19.5 Å². The van der Waals surface area contributed by atoms with E-state index in [0.29, 0.717) is 38.2 Å². The van der Waals surface area contributed by atoms with E-state index < -0.39 is 17.8 Å². The predicted molar refractivity (Wildman–Crippen MR) is 164 cm³/mol. The number of benzene rings is 4. The van der Waals surface area contributed by atoms with Crippen LogP contribution in [0.15, 0.2) is 106 Å². The van der Waals surface area contributed by atoms with Crippen molar-refractivity contribution in [3.05, 3.63) is 123 Å². The van der Waals surface area contributed by atoms with Gasteiger partial charge in [0.25, 0.3) is 11.8 Å². The first-order chi connectivity index (χ1) is 21.4. The van der Waals surface area contributed by atoms with E-state index in [1.54, 1.807) is 104 Å². The second-order valence-electron chi connectivity index (χ2n) is 9.24. The van der Waals surface area contributed by atoms with Gasteiger partial charge in [0.1, 0.15) is 11.4 Å². The summed E-state index contributed by atoms with van der Waals surface area (Å²) in [6, 6.07) is 25.3. The number of esters is 1. The van der Waals surface area contributed by atoms with Gasteiger partial charge in [-0.1, -0.05) is 40.2 Å². The number of fused-ring (bicyclic) bond motifs is 1. The molecular formula is C32H26BrN4O7+. The number of hydrogen-bond acceptors (Lipinski definition) is 8. The van der Waals surface area contributed by atoms with E-state index in [2.05, 4.69) is 31.8 Å². The van der Waals surface area contributed by atoms with E-state index in [4.69, 9.17) is 19.0 Å². The van der Waals surface area contributed by atoms with Crippen molar-refractivity contribution in [1.29, 1.82) is 0 Å². The molecular weight excluding hydrogens is 632 g/mol. The lowest BCUT2D eigenvalue weighted by atomic mass is 10.1. The van der Waals surface area contributed by atoms with E-state index in [9.17, 15) is 14.4 Å². The number of hydrogen-bond donors (Lipinski definition) is 3. The molecule has 44 heavy (non-hydrogen) atoms. The van der Waals surface area contributed by atoms with Crippen molar-refractivity contribution in [2.45, 2.75) is 0 Å². The van der Waals surface area contributed by atoms with E-state index in [0.717, 1.165) is 5.69 Å². The molecule has 0 saturated heterocycles. The number of carbonyl (C=O) groups excluding carboxylic acids is 3. The van der Waals surface area contributed by atoms with Crippen LogP contribution in [-0.2, 0) is 9.63 Å². The van der Waals surface area contributed by atoms with Gasteiger partial charge in [0, 0.05) is 27.7 Å². The molecule has 4 N–H and O–H groups in total. The maximum atomic E-state index is 13.3. The fraction of sp³-hybridized carbons (Fsp3) is 0.0625. The Morgan fingerprint density at radius 1 is 0.909 bits per heavy atom. The first kappa shape index (κ1) is 30.2. The maximum absolute atomic E-state index is 13.3. The molecule has 0 aliphatic carbocycles. The number of ether oxygens (including phenoxy) is 3. The summed E-state index contributed by atoms with van der Waals surface area (Å²) < 4.78 is 17.1. The Kier molecular flexibility index (Phi) is 9.77. The highest BCUT2D eigenvalue weighted by molar-refractivity contribution is 9.10. The Morgan fingerprint density at radius 2 is 1.68 bits per heavy atom. The molecule has 1 heterocycles. The van der Waals surface area contributed by atoms with Gasteiger partial charge >= 0.3 is 5.97 Å². The molecule has 0 aromatic heterocycles. The van der Waals surface area contributed by atoms with Crippen LogP contribution in [0.1, 0.15) is 31.8 Å². The SMILES string of the molecule is CO[NH2+]c1ccc(C(=O)Oc2ccc(Br)cc2/C=N/NC(=O)/C(=C\c2ccc3c(c2)OCO3)NC(=O)c2ccccc2)cc1. The van der Waals surface area contributed by atoms with Gasteiger partial charge in [-0.2, -0.15) is 10.6 Å². The second kappa shape index (κ2) is 14.2. The topological polar surface area (TPSA) is 141 Å². The zero-order valence-corrected chi connectivity index (χ0v) is 24.9. The largest absolute Gasteiger partial charge is 0.454 e. The van der Waals surface area contributed by atoms with Crippen LogP contribution < -0.4 is 30.4 Å². The molecule has 12 heteroatoms. The van der Waals surface area contributed by atoms with Crippen LogP contribution in [0.5, 0.6) is 17.2 Å². The summed E-state index contributed by atoms with van der Waals surface area (Å²) in [4.78, 5) is 43.9. The molecule has 5 rings (SSSR count). The fourth-order valence-electron chi connectivity index (χ4n) is 4.04. The van der Waals surface area contributed by atoms with Gasteiger partial charge in [0.05, 0.1) is 18.9 Å². The molecule has 2 amide bonds. The minimum absolute atomic E-state index is 0.0649. The molecule has 1 aliphatic heterocycles. The van der Waals surface area contributed by atoms with Crippen LogP contribution in [0.4, 0.5) is 5.69 Å². The van der Waals surface area contributed by atoms with Crippen molar-refractivity contribution in [3.63, 3.8) is 0 Å². The maximum Gasteiger partial charge on any atom is 0.343 e. The summed E-state index contributed by atoms with van der Waals surface area (Å²) in [5, 5.41) is 6.72. The third-order valence-electron chi connectivity index (χ3n) is 6.18. The summed E-state index contributed by atoms with van der Waals surface area (Å²) >= 11 is 3.40. The highest BCUT2D eigenvalue weighted by Gasteiger charge is 2.17. The third-order valence-corrected chi connectivity index (χ3v) is 6.67. The molecule has 0 unspecified atom stereocenters. The number of quaternary nitrogens is 1. The summed E-state index contributed by atoms with van der Waals surface area (Å²) in [5.74, 6) is -0.425. The third kappa shape index (κ3) is 7.75. The average molecular weight is 658 g/mol. The van der Waals surface area contributed by atoms with E-state index in [-0.39, 0.29) is 18.2 Å². The smallest absolute Gasteiger partial charge is 0.343 e. The first-order valence-corrected chi connectivity index (χ1v) is 14.0. The van der Waals surface area contributed by atoms with Gasteiger partial charge in [-0.05, 0) is 66.2 Å². The standard InChI is InChI=1S/C32H25BrN4O7/c1-41-37-25-11-8-22(9-12-25)32(40)44-27-14-10-24(33)17-23(27)18-34-36-31(39)26(35-30(38)21-5-3-2-4-6-21)15-20-7-13-28-29(16-20)43-19-42-28/h2-18,37H,19H2,1H3,(H,35,38)(H,36,39)/p+1/b26-15+,34-18+. The van der Waals surface area contributed by atoms with Gasteiger partial charge in [-0.15, -0.1) is 0 Å².